The highest BCUT2D eigenvalue weighted by molar-refractivity contribution is 8.00. The van der Waals surface area contributed by atoms with E-state index in [1.54, 1.807) is 0 Å². The molecule has 0 saturated carbocycles. The predicted molar refractivity (Wildman–Crippen MR) is 101 cm³/mol. The van der Waals surface area contributed by atoms with E-state index in [4.69, 9.17) is 0 Å². The molecule has 3 rings (SSSR count). The summed E-state index contributed by atoms with van der Waals surface area (Å²) in [7, 11) is 0. The predicted octanol–water partition coefficient (Wildman–Crippen LogP) is 4.72. The minimum Gasteiger partial charge on any atom is -0.355 e. The molecule has 1 heterocycles. The van der Waals surface area contributed by atoms with Crippen LogP contribution in [0.5, 0.6) is 0 Å². The quantitative estimate of drug-likeness (QED) is 0.611. The van der Waals surface area contributed by atoms with E-state index in [0.717, 1.165) is 28.9 Å². The molecule has 0 aliphatic heterocycles. The van der Waals surface area contributed by atoms with E-state index in [2.05, 4.69) is 22.4 Å². The first-order valence-electron chi connectivity index (χ1n) is 8.70. The second kappa shape index (κ2) is 8.34. The molecule has 0 radical (unpaired) electrons. The number of nitrogens with zero attached hydrogens (tertiary/aromatic N) is 1. The number of hydrogen-bond donors (Lipinski definition) is 1. The van der Waals surface area contributed by atoms with Crippen LogP contribution in [0.4, 0.5) is 0 Å². The highest BCUT2D eigenvalue weighted by Gasteiger charge is 2.15. The van der Waals surface area contributed by atoms with Crippen molar-refractivity contribution >= 4 is 28.6 Å². The Morgan fingerprint density at radius 1 is 1.25 bits per heavy atom. The first-order chi connectivity index (χ1) is 11.7. The molecule has 1 aromatic carbocycles. The summed E-state index contributed by atoms with van der Waals surface area (Å²) in [5.74, 6) is 0.0892. The number of fused-ring (bicyclic) bond motifs is 1. The van der Waals surface area contributed by atoms with Crippen LogP contribution in [0.1, 0.15) is 39.0 Å². The minimum atomic E-state index is -0.140. The number of amides is 1. The molecule has 1 aromatic heterocycles. The Labute approximate surface area is 147 Å². The van der Waals surface area contributed by atoms with E-state index in [9.17, 15) is 4.79 Å². The number of para-hydroxylation sites is 1. The van der Waals surface area contributed by atoms with Crippen molar-refractivity contribution in [1.29, 1.82) is 0 Å². The van der Waals surface area contributed by atoms with Crippen LogP contribution in [0.2, 0.25) is 0 Å². The monoisotopic (exact) mass is 340 g/mol. The third-order valence-electron chi connectivity index (χ3n) is 4.37. The van der Waals surface area contributed by atoms with E-state index >= 15 is 0 Å². The molecule has 1 atom stereocenters. The van der Waals surface area contributed by atoms with Gasteiger partial charge in [0.15, 0.2) is 0 Å². The first-order valence-corrected chi connectivity index (χ1v) is 9.58. The molecule has 0 spiro atoms. The molecule has 4 heteroatoms. The number of carbonyl (C=O) groups is 1. The van der Waals surface area contributed by atoms with Crippen LogP contribution in [-0.2, 0) is 4.79 Å². The third kappa shape index (κ3) is 4.60. The Hall–Kier alpha value is -1.81. The number of allylic oxidation sites excluding steroid dienone is 1. The van der Waals surface area contributed by atoms with Gasteiger partial charge in [-0.3, -0.25) is 4.79 Å². The maximum absolute atomic E-state index is 12.3. The molecule has 0 fully saturated rings. The topological polar surface area (TPSA) is 42.0 Å². The van der Waals surface area contributed by atoms with Crippen LogP contribution in [0, 0.1) is 0 Å². The van der Waals surface area contributed by atoms with Crippen molar-refractivity contribution in [1.82, 2.24) is 10.3 Å². The summed E-state index contributed by atoms with van der Waals surface area (Å²) < 4.78 is 0. The number of nitrogens with one attached hydrogen (secondary N) is 1. The zero-order chi connectivity index (χ0) is 16.8. The van der Waals surface area contributed by atoms with Gasteiger partial charge in [-0.2, -0.15) is 0 Å². The average molecular weight is 340 g/mol. The summed E-state index contributed by atoms with van der Waals surface area (Å²) in [6, 6.07) is 12.1. The number of rotatable bonds is 6. The van der Waals surface area contributed by atoms with Crippen LogP contribution in [0.3, 0.4) is 0 Å². The van der Waals surface area contributed by atoms with Gasteiger partial charge in [0.1, 0.15) is 0 Å². The fourth-order valence-corrected chi connectivity index (χ4v) is 3.82. The van der Waals surface area contributed by atoms with Gasteiger partial charge in [-0.25, -0.2) is 4.98 Å². The number of thioether (sulfide) groups is 1. The van der Waals surface area contributed by atoms with Gasteiger partial charge in [0, 0.05) is 11.9 Å². The summed E-state index contributed by atoms with van der Waals surface area (Å²) in [6.45, 7) is 2.68. The average Bonchev–Trinajstić information content (AvgIpc) is 2.62. The lowest BCUT2D eigenvalue weighted by atomic mass is 9.97. The third-order valence-corrected chi connectivity index (χ3v) is 5.41. The molecule has 1 aliphatic carbocycles. The van der Waals surface area contributed by atoms with Crippen LogP contribution in [-0.4, -0.2) is 22.7 Å². The highest BCUT2D eigenvalue weighted by atomic mass is 32.2. The number of aromatic nitrogens is 1. The van der Waals surface area contributed by atoms with Crippen molar-refractivity contribution in [2.75, 3.05) is 6.54 Å². The maximum Gasteiger partial charge on any atom is 0.233 e. The molecule has 0 saturated heterocycles. The van der Waals surface area contributed by atoms with E-state index in [-0.39, 0.29) is 11.2 Å². The van der Waals surface area contributed by atoms with Crippen molar-refractivity contribution in [3.63, 3.8) is 0 Å². The SMILES string of the molecule is C[C@@H](Sc1ccc2ccccc2n1)C(=O)NCCC1=CCCCC1. The largest absolute Gasteiger partial charge is 0.355 e. The number of pyridine rings is 1. The van der Waals surface area contributed by atoms with Crippen LogP contribution >= 0.6 is 11.8 Å². The highest BCUT2D eigenvalue weighted by Crippen LogP contribution is 2.24. The van der Waals surface area contributed by atoms with E-state index in [1.807, 2.05) is 37.3 Å². The summed E-state index contributed by atoms with van der Waals surface area (Å²) >= 11 is 1.51. The zero-order valence-electron chi connectivity index (χ0n) is 14.1. The zero-order valence-corrected chi connectivity index (χ0v) is 14.9. The molecule has 0 unspecified atom stereocenters. The lowest BCUT2D eigenvalue weighted by Gasteiger charge is -2.15. The van der Waals surface area contributed by atoms with Crippen LogP contribution in [0.25, 0.3) is 10.9 Å². The van der Waals surface area contributed by atoms with Gasteiger partial charge in [-0.05, 0) is 51.2 Å². The van der Waals surface area contributed by atoms with E-state index in [0.29, 0.717) is 0 Å². The molecule has 126 valence electrons. The van der Waals surface area contributed by atoms with Gasteiger partial charge in [-0.15, -0.1) is 0 Å². The Kier molecular flexibility index (Phi) is 5.91. The molecular weight excluding hydrogens is 316 g/mol. The van der Waals surface area contributed by atoms with Gasteiger partial charge < -0.3 is 5.32 Å². The molecule has 1 amide bonds. The van der Waals surface area contributed by atoms with Crippen LogP contribution < -0.4 is 5.32 Å². The second-order valence-corrected chi connectivity index (χ2v) is 7.61. The minimum absolute atomic E-state index is 0.0892. The Morgan fingerprint density at radius 2 is 2.12 bits per heavy atom. The molecule has 3 nitrogen and oxygen atoms in total. The van der Waals surface area contributed by atoms with Gasteiger partial charge in [0.25, 0.3) is 0 Å². The summed E-state index contributed by atoms with van der Waals surface area (Å²) in [5.41, 5.74) is 2.47. The smallest absolute Gasteiger partial charge is 0.233 e. The van der Waals surface area contributed by atoms with Gasteiger partial charge in [0.05, 0.1) is 15.8 Å². The second-order valence-electron chi connectivity index (χ2n) is 6.25. The summed E-state index contributed by atoms with van der Waals surface area (Å²) in [4.78, 5) is 16.9. The van der Waals surface area contributed by atoms with Crippen molar-refractivity contribution in [3.8, 4) is 0 Å². The molecule has 24 heavy (non-hydrogen) atoms. The first kappa shape index (κ1) is 17.0. The van der Waals surface area contributed by atoms with Crippen molar-refractivity contribution in [2.45, 2.75) is 49.3 Å². The molecular formula is C20H24N2OS. The number of benzene rings is 1. The van der Waals surface area contributed by atoms with Gasteiger partial charge >= 0.3 is 0 Å². The Morgan fingerprint density at radius 3 is 2.96 bits per heavy atom. The van der Waals surface area contributed by atoms with Gasteiger partial charge in [-0.1, -0.05) is 47.7 Å². The lowest BCUT2D eigenvalue weighted by molar-refractivity contribution is -0.120. The summed E-state index contributed by atoms with van der Waals surface area (Å²) in [6.07, 6.45) is 8.32. The van der Waals surface area contributed by atoms with Crippen molar-refractivity contribution < 1.29 is 4.79 Å². The number of hydrogen-bond acceptors (Lipinski definition) is 3. The van der Waals surface area contributed by atoms with E-state index in [1.165, 1.54) is 43.0 Å². The fraction of sp³-hybridized carbons (Fsp3) is 0.400. The Bertz CT molecular complexity index is 741. The van der Waals surface area contributed by atoms with Crippen molar-refractivity contribution in [3.05, 3.63) is 48.0 Å². The van der Waals surface area contributed by atoms with Gasteiger partial charge in [0.2, 0.25) is 5.91 Å². The Balaban J connectivity index is 1.50. The molecule has 0 bridgehead atoms. The van der Waals surface area contributed by atoms with Crippen LogP contribution in [0.15, 0.2) is 53.1 Å². The van der Waals surface area contributed by atoms with Crippen molar-refractivity contribution in [2.24, 2.45) is 0 Å². The lowest BCUT2D eigenvalue weighted by Crippen LogP contribution is -2.31. The number of carbonyl (C=O) groups excluding carboxylic acids is 1. The molecule has 1 N–H and O–H groups in total. The standard InChI is InChI=1S/C20H24N2OS/c1-15(20(23)21-14-13-16-7-3-2-4-8-16)24-19-12-11-17-9-5-6-10-18(17)22-19/h5-7,9-12,15H,2-4,8,13-14H2,1H3,(H,21,23)/t15-/m1/s1. The normalized spacial score (nSPS) is 15.8. The molecule has 1 aliphatic rings. The van der Waals surface area contributed by atoms with E-state index < -0.39 is 0 Å². The maximum atomic E-state index is 12.3. The summed E-state index contributed by atoms with van der Waals surface area (Å²) in [5, 5.41) is 4.94. The fourth-order valence-electron chi connectivity index (χ4n) is 2.97. The molecule has 2 aromatic rings.